The van der Waals surface area contributed by atoms with E-state index < -0.39 is 11.1 Å². The van der Waals surface area contributed by atoms with Gasteiger partial charge in [-0.25, -0.2) is 0 Å². The van der Waals surface area contributed by atoms with Gasteiger partial charge in [0.15, 0.2) is 0 Å². The van der Waals surface area contributed by atoms with Gasteiger partial charge in [-0.1, -0.05) is 0 Å². The molecule has 1 aliphatic carbocycles. The maximum atomic E-state index is 10.5. The van der Waals surface area contributed by atoms with Crippen molar-refractivity contribution in [3.05, 3.63) is 0 Å². The Hall–Kier alpha value is 1.07. The molecule has 1 rings (SSSR count). The van der Waals surface area contributed by atoms with E-state index in [9.17, 15) is 8.76 Å². The molecule has 0 aliphatic heterocycles. The van der Waals surface area contributed by atoms with Crippen molar-refractivity contribution in [2.75, 3.05) is 7.11 Å². The van der Waals surface area contributed by atoms with Crippen LogP contribution in [0.2, 0.25) is 0 Å². The molecular weight excluding hydrogens is 175 g/mol. The molecule has 0 radical (unpaired) electrons. The molecule has 0 aromatic carbocycles. The second-order valence-electron chi connectivity index (χ2n) is 2.50. The molecular formula is C6H11NaO3S. The molecule has 0 spiro atoms. The fourth-order valence-corrected chi connectivity index (χ4v) is 2.24. The van der Waals surface area contributed by atoms with Crippen molar-refractivity contribution >= 4 is 11.1 Å². The first-order valence-electron chi connectivity index (χ1n) is 3.36. The van der Waals surface area contributed by atoms with Gasteiger partial charge in [0.2, 0.25) is 0 Å². The number of rotatable bonds is 2. The summed E-state index contributed by atoms with van der Waals surface area (Å²) in [6, 6.07) is 0. The Morgan fingerprint density at radius 1 is 1.55 bits per heavy atom. The molecule has 0 heterocycles. The van der Waals surface area contributed by atoms with Crippen LogP contribution in [0, 0.1) is 0 Å². The summed E-state index contributed by atoms with van der Waals surface area (Å²) < 4.78 is 26.0. The SMILES string of the molecule is CO[C@H]1CCC[C@H]1S(=O)[O-].[Na+]. The van der Waals surface area contributed by atoms with Crippen LogP contribution < -0.4 is 29.6 Å². The minimum Gasteiger partial charge on any atom is -0.772 e. The molecule has 60 valence electrons. The van der Waals surface area contributed by atoms with E-state index in [-0.39, 0.29) is 40.9 Å². The third kappa shape index (κ3) is 3.13. The molecule has 1 saturated carbocycles. The number of methoxy groups -OCH3 is 1. The molecule has 1 fully saturated rings. The standard InChI is InChI=1S/C6H12O3S.Na/c1-9-5-3-2-4-6(5)10(7)8;/h5-6H,2-4H2,1H3,(H,7,8);/q;+1/p-1/t5-,6+;/m0./s1. The van der Waals surface area contributed by atoms with Crippen LogP contribution in [-0.4, -0.2) is 27.2 Å². The minimum absolute atomic E-state index is 0. The topological polar surface area (TPSA) is 49.4 Å². The van der Waals surface area contributed by atoms with E-state index in [1.807, 2.05) is 0 Å². The summed E-state index contributed by atoms with van der Waals surface area (Å²) in [5.74, 6) is 0. The zero-order valence-electron chi connectivity index (χ0n) is 6.91. The van der Waals surface area contributed by atoms with E-state index in [1.165, 1.54) is 0 Å². The van der Waals surface area contributed by atoms with Crippen molar-refractivity contribution in [1.29, 1.82) is 0 Å². The van der Waals surface area contributed by atoms with E-state index in [1.54, 1.807) is 7.11 Å². The zero-order chi connectivity index (χ0) is 7.56. The van der Waals surface area contributed by atoms with Crippen LogP contribution in [-0.2, 0) is 15.8 Å². The summed E-state index contributed by atoms with van der Waals surface area (Å²) in [5.41, 5.74) is 0. The summed E-state index contributed by atoms with van der Waals surface area (Å²) in [6.07, 6.45) is 2.55. The van der Waals surface area contributed by atoms with Crippen molar-refractivity contribution in [3.8, 4) is 0 Å². The third-order valence-electron chi connectivity index (χ3n) is 1.94. The Balaban J connectivity index is 0.000001000. The first-order chi connectivity index (χ1) is 4.75. The van der Waals surface area contributed by atoms with Crippen molar-refractivity contribution in [3.63, 3.8) is 0 Å². The molecule has 3 atom stereocenters. The molecule has 1 aliphatic rings. The predicted molar refractivity (Wildman–Crippen MR) is 37.4 cm³/mol. The van der Waals surface area contributed by atoms with Crippen molar-refractivity contribution < 1.29 is 43.1 Å². The van der Waals surface area contributed by atoms with Gasteiger partial charge in [-0.15, -0.1) is 0 Å². The zero-order valence-corrected chi connectivity index (χ0v) is 9.73. The van der Waals surface area contributed by atoms with E-state index in [0.717, 1.165) is 19.3 Å². The molecule has 0 aromatic heterocycles. The van der Waals surface area contributed by atoms with Gasteiger partial charge in [0.1, 0.15) is 0 Å². The Kier molecular flexibility index (Phi) is 6.22. The number of hydrogen-bond acceptors (Lipinski definition) is 3. The number of ether oxygens (including phenoxy) is 1. The van der Waals surface area contributed by atoms with Gasteiger partial charge in [-0.05, 0) is 30.3 Å². The predicted octanol–water partition coefficient (Wildman–Crippen LogP) is -2.56. The van der Waals surface area contributed by atoms with Gasteiger partial charge in [0.05, 0.1) is 6.10 Å². The summed E-state index contributed by atoms with van der Waals surface area (Å²) in [4.78, 5) is 0. The van der Waals surface area contributed by atoms with Crippen molar-refractivity contribution in [2.24, 2.45) is 0 Å². The summed E-state index contributed by atoms with van der Waals surface area (Å²) >= 11 is -1.95. The van der Waals surface area contributed by atoms with E-state index in [2.05, 4.69) is 0 Å². The third-order valence-corrected chi connectivity index (χ3v) is 2.98. The average molecular weight is 186 g/mol. The Morgan fingerprint density at radius 3 is 2.55 bits per heavy atom. The number of hydrogen-bond donors (Lipinski definition) is 0. The van der Waals surface area contributed by atoms with Crippen LogP contribution in [0.25, 0.3) is 0 Å². The van der Waals surface area contributed by atoms with Crippen LogP contribution in [0.15, 0.2) is 0 Å². The quantitative estimate of drug-likeness (QED) is 0.352. The fourth-order valence-electron chi connectivity index (χ4n) is 1.38. The molecule has 0 N–H and O–H groups in total. The summed E-state index contributed by atoms with van der Waals surface area (Å²) in [5, 5.41) is -0.259. The minimum atomic E-state index is -1.95. The molecule has 0 saturated heterocycles. The van der Waals surface area contributed by atoms with Gasteiger partial charge < -0.3 is 9.29 Å². The van der Waals surface area contributed by atoms with Crippen LogP contribution in [0.5, 0.6) is 0 Å². The van der Waals surface area contributed by atoms with Gasteiger partial charge >= 0.3 is 29.6 Å². The van der Waals surface area contributed by atoms with Crippen LogP contribution in [0.4, 0.5) is 0 Å². The van der Waals surface area contributed by atoms with Crippen LogP contribution >= 0.6 is 0 Å². The second-order valence-corrected chi connectivity index (χ2v) is 3.63. The van der Waals surface area contributed by atoms with Crippen molar-refractivity contribution in [1.82, 2.24) is 0 Å². The Morgan fingerprint density at radius 2 is 2.18 bits per heavy atom. The van der Waals surface area contributed by atoms with Crippen molar-refractivity contribution in [2.45, 2.75) is 30.6 Å². The second kappa shape index (κ2) is 5.67. The largest absolute Gasteiger partial charge is 1.00 e. The van der Waals surface area contributed by atoms with E-state index in [4.69, 9.17) is 4.74 Å². The summed E-state index contributed by atoms with van der Waals surface area (Å²) in [7, 11) is 1.57. The average Bonchev–Trinajstić information content (AvgIpc) is 2.33. The maximum absolute atomic E-state index is 10.5. The first-order valence-corrected chi connectivity index (χ1v) is 4.50. The molecule has 3 nitrogen and oxygen atoms in total. The van der Waals surface area contributed by atoms with Crippen LogP contribution in [0.3, 0.4) is 0 Å². The molecule has 11 heavy (non-hydrogen) atoms. The first kappa shape index (κ1) is 12.1. The van der Waals surface area contributed by atoms with Gasteiger partial charge in [0.25, 0.3) is 0 Å². The molecule has 0 aromatic rings. The van der Waals surface area contributed by atoms with Crippen LogP contribution in [0.1, 0.15) is 19.3 Å². The summed E-state index contributed by atoms with van der Waals surface area (Å²) in [6.45, 7) is 0. The van der Waals surface area contributed by atoms with E-state index in [0.29, 0.717) is 0 Å². The fraction of sp³-hybridized carbons (Fsp3) is 1.00. The molecule has 5 heteroatoms. The molecule has 0 bridgehead atoms. The normalized spacial score (nSPS) is 32.9. The van der Waals surface area contributed by atoms with E-state index >= 15 is 0 Å². The smallest absolute Gasteiger partial charge is 0.772 e. The molecule has 1 unspecified atom stereocenters. The Bertz CT molecular complexity index is 142. The monoisotopic (exact) mass is 186 g/mol. The maximum Gasteiger partial charge on any atom is 1.00 e. The molecule has 0 amide bonds. The van der Waals surface area contributed by atoms with Gasteiger partial charge in [0, 0.05) is 12.4 Å². The Labute approximate surface area is 91.5 Å². The van der Waals surface area contributed by atoms with Gasteiger partial charge in [-0.3, -0.25) is 4.21 Å². The van der Waals surface area contributed by atoms with Gasteiger partial charge in [-0.2, -0.15) is 0 Å².